The first-order valence-corrected chi connectivity index (χ1v) is 7.05. The van der Waals surface area contributed by atoms with Crippen molar-refractivity contribution >= 4 is 15.9 Å². The first-order chi connectivity index (χ1) is 8.08. The van der Waals surface area contributed by atoms with E-state index in [-0.39, 0.29) is 6.04 Å². The fourth-order valence-electron chi connectivity index (χ4n) is 1.79. The smallest absolute Gasteiger partial charge is 0.120 e. The molecule has 0 spiro atoms. The zero-order valence-corrected chi connectivity index (χ0v) is 12.5. The van der Waals surface area contributed by atoms with Crippen LogP contribution in [0, 0.1) is 5.92 Å². The van der Waals surface area contributed by atoms with Crippen LogP contribution in [0.3, 0.4) is 0 Å². The summed E-state index contributed by atoms with van der Waals surface area (Å²) in [6.07, 6.45) is 2.19. The van der Waals surface area contributed by atoms with E-state index in [0.717, 1.165) is 22.2 Å². The molecule has 2 unspecified atom stereocenters. The molecular weight excluding hydrogens is 278 g/mol. The first-order valence-electron chi connectivity index (χ1n) is 6.26. The summed E-state index contributed by atoms with van der Waals surface area (Å²) in [6, 6.07) is 6.13. The van der Waals surface area contributed by atoms with Gasteiger partial charge in [0.2, 0.25) is 0 Å². The third kappa shape index (κ3) is 4.32. The monoisotopic (exact) mass is 299 g/mol. The number of hydrogen-bond acceptors (Lipinski definition) is 2. The molecule has 17 heavy (non-hydrogen) atoms. The fraction of sp³-hybridized carbons (Fsp3) is 0.571. The summed E-state index contributed by atoms with van der Waals surface area (Å²) in [5.41, 5.74) is 7.39. The van der Waals surface area contributed by atoms with Gasteiger partial charge in [-0.3, -0.25) is 0 Å². The zero-order valence-electron chi connectivity index (χ0n) is 10.9. The average Bonchev–Trinajstić information content (AvgIpc) is 2.29. The van der Waals surface area contributed by atoms with E-state index in [0.29, 0.717) is 12.5 Å². The third-order valence-corrected chi connectivity index (χ3v) is 3.72. The highest BCUT2D eigenvalue weighted by molar-refractivity contribution is 9.10. The maximum absolute atomic E-state index is 6.23. The minimum atomic E-state index is 0.0926. The van der Waals surface area contributed by atoms with Crippen molar-refractivity contribution in [1.82, 2.24) is 0 Å². The number of ether oxygens (including phenoxy) is 1. The molecule has 96 valence electrons. The molecule has 2 N–H and O–H groups in total. The molecule has 0 heterocycles. The van der Waals surface area contributed by atoms with Crippen LogP contribution in [0.1, 0.15) is 45.2 Å². The highest BCUT2D eigenvalue weighted by atomic mass is 79.9. The van der Waals surface area contributed by atoms with Gasteiger partial charge in [-0.25, -0.2) is 0 Å². The van der Waals surface area contributed by atoms with Gasteiger partial charge < -0.3 is 10.5 Å². The van der Waals surface area contributed by atoms with E-state index >= 15 is 0 Å². The second kappa shape index (κ2) is 7.02. The number of halogens is 1. The van der Waals surface area contributed by atoms with Gasteiger partial charge in [0.25, 0.3) is 0 Å². The Morgan fingerprint density at radius 3 is 2.59 bits per heavy atom. The summed E-state index contributed by atoms with van der Waals surface area (Å²) in [7, 11) is 0. The quantitative estimate of drug-likeness (QED) is 0.851. The van der Waals surface area contributed by atoms with Gasteiger partial charge in [0, 0.05) is 10.5 Å². The van der Waals surface area contributed by atoms with Gasteiger partial charge >= 0.3 is 0 Å². The van der Waals surface area contributed by atoms with Crippen molar-refractivity contribution in [2.45, 2.75) is 39.7 Å². The van der Waals surface area contributed by atoms with Crippen molar-refractivity contribution in [3.63, 3.8) is 0 Å². The lowest BCUT2D eigenvalue weighted by Crippen LogP contribution is -2.14. The van der Waals surface area contributed by atoms with Crippen molar-refractivity contribution in [1.29, 1.82) is 0 Å². The molecule has 0 fully saturated rings. The van der Waals surface area contributed by atoms with E-state index in [1.165, 1.54) is 6.42 Å². The molecule has 1 rings (SSSR count). The second-order valence-electron chi connectivity index (χ2n) is 4.47. The predicted molar refractivity (Wildman–Crippen MR) is 76.3 cm³/mol. The van der Waals surface area contributed by atoms with Gasteiger partial charge in [-0.05, 0) is 37.0 Å². The molecule has 0 amide bonds. The van der Waals surface area contributed by atoms with Gasteiger partial charge in [0.15, 0.2) is 0 Å². The molecule has 0 aliphatic rings. The summed E-state index contributed by atoms with van der Waals surface area (Å²) in [6.45, 7) is 7.11. The molecule has 0 bridgehead atoms. The van der Waals surface area contributed by atoms with Crippen molar-refractivity contribution in [2.75, 3.05) is 6.61 Å². The maximum Gasteiger partial charge on any atom is 0.120 e. The molecule has 2 nitrogen and oxygen atoms in total. The van der Waals surface area contributed by atoms with Gasteiger partial charge in [-0.2, -0.15) is 0 Å². The van der Waals surface area contributed by atoms with Gasteiger partial charge in [0.05, 0.1) is 6.61 Å². The second-order valence-corrected chi connectivity index (χ2v) is 5.33. The van der Waals surface area contributed by atoms with Crippen LogP contribution in [0.2, 0.25) is 0 Å². The Bertz CT molecular complexity index is 354. The van der Waals surface area contributed by atoms with E-state index in [4.69, 9.17) is 10.5 Å². The Morgan fingerprint density at radius 1 is 1.35 bits per heavy atom. The Kier molecular flexibility index (Phi) is 6.00. The van der Waals surface area contributed by atoms with Crippen LogP contribution in [0.25, 0.3) is 0 Å². The van der Waals surface area contributed by atoms with Gasteiger partial charge in [-0.15, -0.1) is 0 Å². The highest BCUT2D eigenvalue weighted by Crippen LogP contribution is 2.30. The molecule has 0 saturated heterocycles. The lowest BCUT2D eigenvalue weighted by atomic mass is 9.95. The predicted octanol–water partition coefficient (Wildman–Crippen LogP) is 4.28. The van der Waals surface area contributed by atoms with Crippen LogP contribution < -0.4 is 10.5 Å². The number of hydrogen-bond donors (Lipinski definition) is 1. The van der Waals surface area contributed by atoms with Crippen molar-refractivity contribution in [3.8, 4) is 5.75 Å². The number of benzene rings is 1. The minimum Gasteiger partial charge on any atom is -0.494 e. The van der Waals surface area contributed by atoms with Crippen LogP contribution in [-0.4, -0.2) is 6.61 Å². The molecule has 0 saturated carbocycles. The van der Waals surface area contributed by atoms with Gasteiger partial charge in [-0.1, -0.05) is 42.3 Å². The van der Waals surface area contributed by atoms with Gasteiger partial charge in [0.1, 0.15) is 5.75 Å². The van der Waals surface area contributed by atoms with Crippen molar-refractivity contribution in [2.24, 2.45) is 11.7 Å². The van der Waals surface area contributed by atoms with Crippen LogP contribution in [0.15, 0.2) is 22.7 Å². The number of rotatable bonds is 6. The van der Waals surface area contributed by atoms with Crippen LogP contribution in [-0.2, 0) is 0 Å². The maximum atomic E-state index is 6.23. The van der Waals surface area contributed by atoms with E-state index in [1.807, 2.05) is 19.1 Å². The van der Waals surface area contributed by atoms with Crippen LogP contribution in [0.4, 0.5) is 0 Å². The summed E-state index contributed by atoms with van der Waals surface area (Å²) in [5.74, 6) is 1.54. The average molecular weight is 300 g/mol. The summed E-state index contributed by atoms with van der Waals surface area (Å²) >= 11 is 3.57. The lowest BCUT2D eigenvalue weighted by Gasteiger charge is -2.18. The summed E-state index contributed by atoms with van der Waals surface area (Å²) in [4.78, 5) is 0. The normalized spacial score (nSPS) is 14.4. The standard InChI is InChI=1S/C14H22BrNO/c1-4-10(3)8-14(16)12-7-6-11(17-5-2)9-13(12)15/h6-7,9-10,14H,4-5,8,16H2,1-3H3. The molecule has 0 aliphatic carbocycles. The Balaban J connectivity index is 2.77. The zero-order chi connectivity index (χ0) is 12.8. The summed E-state index contributed by atoms with van der Waals surface area (Å²) < 4.78 is 6.49. The fourth-order valence-corrected chi connectivity index (χ4v) is 2.44. The highest BCUT2D eigenvalue weighted by Gasteiger charge is 2.13. The van der Waals surface area contributed by atoms with E-state index in [1.54, 1.807) is 0 Å². The Morgan fingerprint density at radius 2 is 2.06 bits per heavy atom. The van der Waals surface area contributed by atoms with Crippen molar-refractivity contribution < 1.29 is 4.74 Å². The minimum absolute atomic E-state index is 0.0926. The molecule has 2 atom stereocenters. The molecule has 1 aromatic rings. The van der Waals surface area contributed by atoms with E-state index < -0.39 is 0 Å². The van der Waals surface area contributed by atoms with E-state index in [9.17, 15) is 0 Å². The molecule has 3 heteroatoms. The molecule has 0 radical (unpaired) electrons. The lowest BCUT2D eigenvalue weighted by molar-refractivity contribution is 0.339. The third-order valence-electron chi connectivity index (χ3n) is 3.04. The topological polar surface area (TPSA) is 35.2 Å². The molecule has 0 aliphatic heterocycles. The van der Waals surface area contributed by atoms with Crippen LogP contribution in [0.5, 0.6) is 5.75 Å². The Hall–Kier alpha value is -0.540. The molecule has 1 aromatic carbocycles. The SMILES string of the molecule is CCOc1ccc(C(N)CC(C)CC)c(Br)c1. The largest absolute Gasteiger partial charge is 0.494 e. The first kappa shape index (κ1) is 14.5. The molecule has 0 aromatic heterocycles. The summed E-state index contributed by atoms with van der Waals surface area (Å²) in [5, 5.41) is 0. The van der Waals surface area contributed by atoms with Crippen molar-refractivity contribution in [3.05, 3.63) is 28.2 Å². The Labute approximate surface area is 113 Å². The number of nitrogens with two attached hydrogens (primary N) is 1. The van der Waals surface area contributed by atoms with E-state index in [2.05, 4.69) is 35.8 Å². The van der Waals surface area contributed by atoms with Crippen LogP contribution >= 0.6 is 15.9 Å². The molecular formula is C14H22BrNO.